The Bertz CT molecular complexity index is 501. The molecule has 5 heteroatoms. The average molecular weight is 271 g/mol. The van der Waals surface area contributed by atoms with E-state index in [1.165, 1.54) is 6.92 Å². The number of aliphatic hydroxyl groups is 1. The molecule has 1 rings (SSSR count). The SMILES string of the molecule is CC(O)CNS(=O)(=O)c1ccccc1C(C)(C)C. The predicted molar refractivity (Wildman–Crippen MR) is 72.0 cm³/mol. The number of sulfonamides is 1. The lowest BCUT2D eigenvalue weighted by molar-refractivity contribution is 0.198. The molecular weight excluding hydrogens is 250 g/mol. The zero-order chi connectivity index (χ0) is 14.0. The van der Waals surface area contributed by atoms with Crippen LogP contribution in [0.25, 0.3) is 0 Å². The third-order valence-corrected chi connectivity index (χ3v) is 4.04. The quantitative estimate of drug-likeness (QED) is 0.875. The highest BCUT2D eigenvalue weighted by atomic mass is 32.2. The maximum Gasteiger partial charge on any atom is 0.240 e. The predicted octanol–water partition coefficient (Wildman–Crippen LogP) is 1.64. The molecule has 0 fully saturated rings. The molecule has 0 bridgehead atoms. The Morgan fingerprint density at radius 3 is 2.33 bits per heavy atom. The van der Waals surface area contributed by atoms with Crippen molar-refractivity contribution in [2.75, 3.05) is 6.54 Å². The first-order chi connectivity index (χ1) is 8.14. The zero-order valence-corrected chi connectivity index (χ0v) is 12.1. The van der Waals surface area contributed by atoms with Gasteiger partial charge in [-0.1, -0.05) is 39.0 Å². The van der Waals surface area contributed by atoms with Gasteiger partial charge in [0.2, 0.25) is 10.0 Å². The summed E-state index contributed by atoms with van der Waals surface area (Å²) in [5.74, 6) is 0. The molecule has 0 amide bonds. The van der Waals surface area contributed by atoms with Crippen LogP contribution in [0.4, 0.5) is 0 Å². The molecule has 1 aromatic rings. The molecule has 4 nitrogen and oxygen atoms in total. The molecular formula is C13H21NO3S. The largest absolute Gasteiger partial charge is 0.392 e. The van der Waals surface area contributed by atoms with Crippen molar-refractivity contribution in [3.8, 4) is 0 Å². The van der Waals surface area contributed by atoms with Crippen molar-refractivity contribution >= 4 is 10.0 Å². The highest BCUT2D eigenvalue weighted by Crippen LogP contribution is 2.28. The van der Waals surface area contributed by atoms with Gasteiger partial charge in [0, 0.05) is 6.54 Å². The first-order valence-corrected chi connectivity index (χ1v) is 7.40. The van der Waals surface area contributed by atoms with Crippen molar-refractivity contribution in [2.24, 2.45) is 0 Å². The molecule has 102 valence electrons. The van der Waals surface area contributed by atoms with Gasteiger partial charge >= 0.3 is 0 Å². The summed E-state index contributed by atoms with van der Waals surface area (Å²) in [5, 5.41) is 9.16. The lowest BCUT2D eigenvalue weighted by Crippen LogP contribution is -2.32. The third kappa shape index (κ3) is 3.80. The van der Waals surface area contributed by atoms with E-state index in [2.05, 4.69) is 4.72 Å². The summed E-state index contributed by atoms with van der Waals surface area (Å²) in [6.45, 7) is 7.46. The summed E-state index contributed by atoms with van der Waals surface area (Å²) in [6, 6.07) is 6.93. The van der Waals surface area contributed by atoms with Gasteiger partial charge in [-0.25, -0.2) is 13.1 Å². The van der Waals surface area contributed by atoms with Crippen LogP contribution in [0.3, 0.4) is 0 Å². The molecule has 0 radical (unpaired) electrons. The fraction of sp³-hybridized carbons (Fsp3) is 0.538. The highest BCUT2D eigenvalue weighted by Gasteiger charge is 2.25. The van der Waals surface area contributed by atoms with E-state index in [1.807, 2.05) is 32.9 Å². The Balaban J connectivity index is 3.17. The minimum absolute atomic E-state index is 0.0147. The number of hydrogen-bond acceptors (Lipinski definition) is 3. The second-order valence-corrected chi connectivity index (χ2v) is 7.18. The van der Waals surface area contributed by atoms with E-state index >= 15 is 0 Å². The number of nitrogens with one attached hydrogen (secondary N) is 1. The fourth-order valence-electron chi connectivity index (χ4n) is 1.63. The van der Waals surface area contributed by atoms with E-state index in [9.17, 15) is 8.42 Å². The van der Waals surface area contributed by atoms with Crippen molar-refractivity contribution in [1.29, 1.82) is 0 Å². The summed E-state index contributed by atoms with van der Waals surface area (Å²) in [6.07, 6.45) is -0.707. The first kappa shape index (κ1) is 15.1. The third-order valence-electron chi connectivity index (χ3n) is 2.55. The van der Waals surface area contributed by atoms with Gasteiger partial charge in [-0.3, -0.25) is 0 Å². The van der Waals surface area contributed by atoms with Crippen LogP contribution in [0.15, 0.2) is 29.2 Å². The minimum Gasteiger partial charge on any atom is -0.392 e. The van der Waals surface area contributed by atoms with E-state index in [0.717, 1.165) is 5.56 Å². The monoisotopic (exact) mass is 271 g/mol. The molecule has 1 aromatic carbocycles. The summed E-state index contributed by atoms with van der Waals surface area (Å²) in [4.78, 5) is 0.276. The van der Waals surface area contributed by atoms with Gasteiger partial charge in [-0.15, -0.1) is 0 Å². The van der Waals surface area contributed by atoms with Crippen LogP contribution in [0, 0.1) is 0 Å². The summed E-state index contributed by atoms with van der Waals surface area (Å²) < 4.78 is 26.8. The molecule has 1 atom stereocenters. The Labute approximate surface area is 109 Å². The molecule has 0 saturated heterocycles. The lowest BCUT2D eigenvalue weighted by Gasteiger charge is -2.22. The van der Waals surface area contributed by atoms with Crippen molar-refractivity contribution in [2.45, 2.75) is 44.1 Å². The van der Waals surface area contributed by atoms with Crippen LogP contribution in [0.1, 0.15) is 33.3 Å². The molecule has 0 heterocycles. The van der Waals surface area contributed by atoms with Crippen molar-refractivity contribution in [3.05, 3.63) is 29.8 Å². The summed E-state index contributed by atoms with van der Waals surface area (Å²) in [5.41, 5.74) is 0.513. The van der Waals surface area contributed by atoms with Crippen LogP contribution in [-0.2, 0) is 15.4 Å². The normalized spacial score (nSPS) is 14.5. The summed E-state index contributed by atoms with van der Waals surface area (Å²) >= 11 is 0. The van der Waals surface area contributed by atoms with Gasteiger partial charge in [0.25, 0.3) is 0 Å². The topological polar surface area (TPSA) is 66.4 Å². The van der Waals surface area contributed by atoms with Crippen molar-refractivity contribution in [1.82, 2.24) is 4.72 Å². The maximum absolute atomic E-state index is 12.2. The Morgan fingerprint density at radius 1 is 1.28 bits per heavy atom. The van der Waals surface area contributed by atoms with E-state index in [4.69, 9.17) is 5.11 Å². The van der Waals surface area contributed by atoms with Crippen molar-refractivity contribution < 1.29 is 13.5 Å². The molecule has 2 N–H and O–H groups in total. The molecule has 0 spiro atoms. The second-order valence-electron chi connectivity index (χ2n) is 5.45. The van der Waals surface area contributed by atoms with Gasteiger partial charge in [-0.05, 0) is 24.0 Å². The first-order valence-electron chi connectivity index (χ1n) is 5.92. The second kappa shape index (κ2) is 5.38. The standard InChI is InChI=1S/C13H21NO3S/c1-10(15)9-14-18(16,17)12-8-6-5-7-11(12)13(2,3)4/h5-8,10,14-15H,9H2,1-4H3. The maximum atomic E-state index is 12.2. The van der Waals surface area contributed by atoms with Gasteiger partial charge < -0.3 is 5.11 Å². The molecule has 18 heavy (non-hydrogen) atoms. The molecule has 0 aliphatic rings. The lowest BCUT2D eigenvalue weighted by atomic mass is 9.87. The van der Waals surface area contributed by atoms with Gasteiger partial charge in [0.05, 0.1) is 11.0 Å². The van der Waals surface area contributed by atoms with Gasteiger partial charge in [0.15, 0.2) is 0 Å². The molecule has 0 aromatic heterocycles. The molecule has 0 aliphatic carbocycles. The Morgan fingerprint density at radius 2 is 1.83 bits per heavy atom. The Kier molecular flexibility index (Phi) is 4.53. The van der Waals surface area contributed by atoms with E-state index < -0.39 is 16.1 Å². The van der Waals surface area contributed by atoms with Crippen LogP contribution in [0.5, 0.6) is 0 Å². The number of benzene rings is 1. The average Bonchev–Trinajstić information content (AvgIpc) is 2.25. The zero-order valence-electron chi connectivity index (χ0n) is 11.3. The number of rotatable bonds is 4. The Hall–Kier alpha value is -0.910. The van der Waals surface area contributed by atoms with Crippen LogP contribution in [0.2, 0.25) is 0 Å². The van der Waals surface area contributed by atoms with E-state index in [0.29, 0.717) is 0 Å². The molecule has 1 unspecified atom stereocenters. The molecule has 0 saturated carbocycles. The number of hydrogen-bond donors (Lipinski definition) is 2. The van der Waals surface area contributed by atoms with Gasteiger partial charge in [0.1, 0.15) is 0 Å². The molecule has 0 aliphatic heterocycles. The van der Waals surface area contributed by atoms with E-state index in [1.54, 1.807) is 12.1 Å². The van der Waals surface area contributed by atoms with Crippen LogP contribution < -0.4 is 4.72 Å². The highest BCUT2D eigenvalue weighted by molar-refractivity contribution is 7.89. The smallest absolute Gasteiger partial charge is 0.240 e. The van der Waals surface area contributed by atoms with Crippen molar-refractivity contribution in [3.63, 3.8) is 0 Å². The van der Waals surface area contributed by atoms with Crippen LogP contribution in [-0.4, -0.2) is 26.2 Å². The van der Waals surface area contributed by atoms with Gasteiger partial charge in [-0.2, -0.15) is 0 Å². The summed E-state index contributed by atoms with van der Waals surface area (Å²) in [7, 11) is -3.58. The van der Waals surface area contributed by atoms with E-state index in [-0.39, 0.29) is 16.9 Å². The number of aliphatic hydroxyl groups excluding tert-OH is 1. The fourth-order valence-corrected chi connectivity index (χ4v) is 3.17. The minimum atomic E-state index is -3.58. The van der Waals surface area contributed by atoms with Crippen LogP contribution >= 0.6 is 0 Å².